The number of hydrogen-bond donors (Lipinski definition) is 10. The maximum absolute atomic E-state index is 14.2. The number of nitrogens with two attached hydrogens (primary N) is 3. The number of carbonyl (C=O) groups is 4. The molecule has 468 valence electrons. The molecule has 0 saturated heterocycles. The molecule has 4 atom stereocenters. The van der Waals surface area contributed by atoms with Crippen molar-refractivity contribution < 1.29 is 55.3 Å². The molecule has 0 aliphatic carbocycles. The molecule has 0 spiro atoms. The predicted octanol–water partition coefficient (Wildman–Crippen LogP) is 5.58. The summed E-state index contributed by atoms with van der Waals surface area (Å²) in [6.07, 6.45) is 3.75. The van der Waals surface area contributed by atoms with Crippen LogP contribution in [0, 0.1) is 52.9 Å². The molecule has 2 aliphatic rings. The van der Waals surface area contributed by atoms with Gasteiger partial charge in [0.15, 0.2) is 4.98 Å². The molecule has 27 heteroatoms. The van der Waals surface area contributed by atoms with Crippen molar-refractivity contribution in [1.29, 1.82) is 5.39 Å². The van der Waals surface area contributed by atoms with Gasteiger partial charge in [0, 0.05) is 19.6 Å². The zero-order chi connectivity index (χ0) is 63.4. The number of amides is 4. The Kier molecular flexibility index (Phi) is 23.8. The summed E-state index contributed by atoms with van der Waals surface area (Å²) in [5.41, 5.74) is 22.2. The van der Waals surface area contributed by atoms with E-state index in [0.29, 0.717) is 71.4 Å². The van der Waals surface area contributed by atoms with Gasteiger partial charge in [0.1, 0.15) is 40.4 Å². The number of guanidine groups is 2. The van der Waals surface area contributed by atoms with Gasteiger partial charge in [-0.05, 0) is 211 Å². The summed E-state index contributed by atoms with van der Waals surface area (Å²) in [5.74, 6) is -2.65. The van der Waals surface area contributed by atoms with Crippen LogP contribution in [0.2, 0.25) is 0 Å². The SMILES string of the molecule is Cc1c(C)c(S(=O)(=O)NC(N)=NCCC[C@H](NC(=O)[C@H](CCCCNC(=O)OC(C)(C)C)NC(=O)[C@@H](NC(=O)[C@@H](N)CCCN=C(N)NS(=O)(=O)c2c(C)c(C)c3c(c2C)CCC(C)(C)O3)C(C)C)/C(O)=C/[N+]#N)c(C)c2c1OC(C)(C)CC2. The zero-order valence-electron chi connectivity index (χ0n) is 51.6. The van der Waals surface area contributed by atoms with Gasteiger partial charge in [-0.3, -0.25) is 24.4 Å². The molecule has 0 unspecified atom stereocenters. The number of nitrogens with one attached hydrogen (secondary N) is 6. The summed E-state index contributed by atoms with van der Waals surface area (Å²) < 4.78 is 77.6. The number of unbranched alkanes of at least 4 members (excludes halogenated alkanes) is 1. The maximum Gasteiger partial charge on any atom is 0.407 e. The first-order chi connectivity index (χ1) is 38.8. The number of benzene rings is 2. The Bertz CT molecular complexity index is 3140. The largest absolute Gasteiger partial charge is 0.504 e. The van der Waals surface area contributed by atoms with Crippen LogP contribution in [0.25, 0.3) is 4.98 Å². The van der Waals surface area contributed by atoms with Crippen LogP contribution >= 0.6 is 0 Å². The molecule has 2 heterocycles. The van der Waals surface area contributed by atoms with Crippen molar-refractivity contribution in [3.05, 3.63) is 61.4 Å². The molecular weight excluding hydrogens is 1120 g/mol. The first-order valence-corrected chi connectivity index (χ1v) is 31.5. The van der Waals surface area contributed by atoms with Crippen LogP contribution < -0.4 is 57.4 Å². The average molecular weight is 1220 g/mol. The number of aliphatic imine (C=N–C) groups is 2. The molecule has 2 aromatic rings. The van der Waals surface area contributed by atoms with E-state index in [9.17, 15) is 46.5 Å². The van der Waals surface area contributed by atoms with Gasteiger partial charge in [-0.2, -0.15) is 0 Å². The number of fused-ring (bicyclic) bond motifs is 2. The highest BCUT2D eigenvalue weighted by Crippen LogP contribution is 2.43. The third kappa shape index (κ3) is 19.0. The minimum absolute atomic E-state index is 0.00351. The van der Waals surface area contributed by atoms with Crippen molar-refractivity contribution in [2.24, 2.45) is 33.1 Å². The van der Waals surface area contributed by atoms with E-state index in [1.54, 1.807) is 62.3 Å². The molecular formula is C57H92N13O12S2+. The fourth-order valence-electron chi connectivity index (χ4n) is 10.1. The van der Waals surface area contributed by atoms with Gasteiger partial charge in [0.05, 0.1) is 21.9 Å². The second kappa shape index (κ2) is 28.8. The van der Waals surface area contributed by atoms with Crippen molar-refractivity contribution in [1.82, 2.24) is 30.7 Å². The summed E-state index contributed by atoms with van der Waals surface area (Å²) in [6.45, 7) is 27.1. The smallest absolute Gasteiger partial charge is 0.407 e. The van der Waals surface area contributed by atoms with Gasteiger partial charge < -0.3 is 57.8 Å². The van der Waals surface area contributed by atoms with Crippen LogP contribution in [0.5, 0.6) is 11.5 Å². The number of ether oxygens (including phenoxy) is 3. The van der Waals surface area contributed by atoms with Gasteiger partial charge in [0.25, 0.3) is 20.0 Å². The van der Waals surface area contributed by atoms with Gasteiger partial charge in [0.2, 0.25) is 40.8 Å². The van der Waals surface area contributed by atoms with E-state index in [1.165, 1.54) is 0 Å². The number of alkyl carbamates (subject to hydrolysis) is 1. The van der Waals surface area contributed by atoms with Crippen LogP contribution in [-0.4, -0.2) is 118 Å². The van der Waals surface area contributed by atoms with E-state index in [4.69, 9.17) is 31.4 Å². The molecule has 25 nitrogen and oxygen atoms in total. The molecule has 0 fully saturated rings. The lowest BCUT2D eigenvalue weighted by atomic mass is 9.88. The average Bonchev–Trinajstić information content (AvgIpc) is 1.32. The Morgan fingerprint density at radius 3 is 1.60 bits per heavy atom. The van der Waals surface area contributed by atoms with Crippen LogP contribution in [0.3, 0.4) is 0 Å². The third-order valence-corrected chi connectivity index (χ3v) is 18.2. The van der Waals surface area contributed by atoms with E-state index < -0.39 is 96.9 Å². The van der Waals surface area contributed by atoms with Gasteiger partial charge in [-0.15, -0.1) is 0 Å². The van der Waals surface area contributed by atoms with E-state index in [0.717, 1.165) is 22.9 Å². The van der Waals surface area contributed by atoms with Crippen molar-refractivity contribution in [2.45, 2.75) is 225 Å². The Morgan fingerprint density at radius 2 is 1.14 bits per heavy atom. The summed E-state index contributed by atoms with van der Waals surface area (Å²) in [7, 11) is -8.37. The number of sulfonamides is 2. The fourth-order valence-corrected chi connectivity index (χ4v) is 13.1. The number of aliphatic hydroxyl groups excluding tert-OH is 1. The molecule has 0 bridgehead atoms. The molecule has 84 heavy (non-hydrogen) atoms. The Hall–Kier alpha value is -6.92. The molecule has 0 saturated carbocycles. The minimum atomic E-state index is -4.21. The number of carbonyl (C=O) groups excluding carboxylic acids is 4. The number of diazo groups is 1. The van der Waals surface area contributed by atoms with Gasteiger partial charge >= 0.3 is 12.3 Å². The van der Waals surface area contributed by atoms with E-state index in [-0.39, 0.29) is 79.5 Å². The summed E-state index contributed by atoms with van der Waals surface area (Å²) in [4.78, 5) is 65.6. The fraction of sp³-hybridized carbons (Fsp3) is 0.649. The van der Waals surface area contributed by atoms with E-state index in [1.807, 2.05) is 41.5 Å². The molecule has 4 rings (SSSR count). The van der Waals surface area contributed by atoms with Gasteiger partial charge in [-0.1, -0.05) is 13.8 Å². The Labute approximate surface area is 496 Å². The summed E-state index contributed by atoms with van der Waals surface area (Å²) in [5, 5.41) is 31.0. The van der Waals surface area contributed by atoms with Crippen molar-refractivity contribution >= 4 is 55.8 Å². The van der Waals surface area contributed by atoms with E-state index >= 15 is 0 Å². The lowest BCUT2D eigenvalue weighted by molar-refractivity contribution is -0.133. The van der Waals surface area contributed by atoms with E-state index in [2.05, 4.69) is 45.7 Å². The quantitative estimate of drug-likeness (QED) is 0.0191. The first kappa shape index (κ1) is 69.6. The van der Waals surface area contributed by atoms with Crippen molar-refractivity contribution in [3.8, 4) is 11.5 Å². The number of hydrogen-bond acceptors (Lipinski definition) is 16. The highest BCUT2D eigenvalue weighted by molar-refractivity contribution is 7.90. The predicted molar refractivity (Wildman–Crippen MR) is 322 cm³/mol. The van der Waals surface area contributed by atoms with Crippen molar-refractivity contribution in [3.63, 3.8) is 0 Å². The molecule has 2 aliphatic heterocycles. The monoisotopic (exact) mass is 1210 g/mol. The molecule has 2 aromatic carbocycles. The molecule has 0 aromatic heterocycles. The molecule has 4 amide bonds. The second-order valence-electron chi connectivity index (χ2n) is 24.3. The molecule has 0 radical (unpaired) electrons. The Morgan fingerprint density at radius 1 is 0.690 bits per heavy atom. The Balaban J connectivity index is 1.43. The summed E-state index contributed by atoms with van der Waals surface area (Å²) >= 11 is 0. The standard InChI is InChI=1S/C57H91N13O12S2/c1-31(2)44(68-49(72)40(58)20-18-28-62-52(59)69-83(76,77)47-34(5)32(3)45-38(36(47)7)23-25-56(12,13)80-45)51(74)67-42(21-16-17-27-64-54(75)82-55(9,10)11)50(73)66-41(43(71)30-65-61)22-19-29-63-53(60)70-84(78,79)48-35(6)33(4)46-39(37(48)8)24-26-57(14,15)81-46/h30-31,40-42,44H,16-29,58H2,1-15H3,(H10-,59,60,62,63,64,66,67,68,69,70,71,72,73,74,75)/p+1/b43-30-/t40-,41-,42-,44-/m0/s1. The van der Waals surface area contributed by atoms with Crippen LogP contribution in [0.4, 0.5) is 4.79 Å². The lowest BCUT2D eigenvalue weighted by Crippen LogP contribution is -2.58. The van der Waals surface area contributed by atoms with Crippen LogP contribution in [-0.2, 0) is 52.0 Å². The third-order valence-electron chi connectivity index (χ3n) is 14.9. The summed E-state index contributed by atoms with van der Waals surface area (Å²) in [6, 6.07) is -4.82. The van der Waals surface area contributed by atoms with Gasteiger partial charge in [-0.25, -0.2) is 31.1 Å². The zero-order valence-corrected chi connectivity index (χ0v) is 53.3. The lowest BCUT2D eigenvalue weighted by Gasteiger charge is -2.35. The second-order valence-corrected chi connectivity index (χ2v) is 27.6. The molecule has 13 N–H and O–H groups in total. The number of rotatable bonds is 25. The normalized spacial score (nSPS) is 16.7. The maximum atomic E-state index is 14.2. The minimum Gasteiger partial charge on any atom is -0.504 e. The first-order valence-electron chi connectivity index (χ1n) is 28.5. The highest BCUT2D eigenvalue weighted by atomic mass is 32.2. The topological polar surface area (TPSA) is 388 Å². The number of nitrogens with zero attached hydrogens (tertiary/aromatic N) is 4. The highest BCUT2D eigenvalue weighted by Gasteiger charge is 2.37. The number of aliphatic hydroxyl groups is 1. The van der Waals surface area contributed by atoms with Crippen LogP contribution in [0.1, 0.15) is 165 Å². The van der Waals surface area contributed by atoms with Crippen LogP contribution in [0.15, 0.2) is 31.7 Å². The van der Waals surface area contributed by atoms with Crippen molar-refractivity contribution in [2.75, 3.05) is 19.6 Å².